The van der Waals surface area contributed by atoms with Crippen LogP contribution in [0.15, 0.2) is 6.20 Å². The molecule has 1 rings (SSSR count). The molecule has 74 valence electrons. The number of aromatic nitrogens is 2. The molecule has 1 aromatic rings. The number of hydrogen-bond acceptors (Lipinski definition) is 4. The minimum absolute atomic E-state index is 0.0127. The second kappa shape index (κ2) is 3.79. The van der Waals surface area contributed by atoms with E-state index in [1.807, 2.05) is 13.0 Å². The molecule has 4 N–H and O–H groups in total. The Morgan fingerprint density at radius 1 is 1.86 bits per heavy atom. The quantitative estimate of drug-likeness (QED) is 0.705. The fourth-order valence-corrected chi connectivity index (χ4v) is 1.09. The summed E-state index contributed by atoms with van der Waals surface area (Å²) in [4.78, 5) is 10.8. The first-order valence-corrected chi connectivity index (χ1v) is 4.14. The Morgan fingerprint density at radius 3 is 2.86 bits per heavy atom. The van der Waals surface area contributed by atoms with Gasteiger partial charge >= 0.3 is 0 Å². The number of anilines is 1. The Labute approximate surface area is 81.1 Å². The van der Waals surface area contributed by atoms with E-state index < -0.39 is 11.9 Å². The van der Waals surface area contributed by atoms with Gasteiger partial charge in [0.15, 0.2) is 5.69 Å². The number of hydrogen-bond donors (Lipinski definition) is 2. The summed E-state index contributed by atoms with van der Waals surface area (Å²) in [6.07, 6.45) is 2.04. The van der Waals surface area contributed by atoms with Crippen LogP contribution >= 0.6 is 0 Å². The largest absolute Gasteiger partial charge is 0.396 e. The van der Waals surface area contributed by atoms with E-state index in [1.54, 1.807) is 0 Å². The lowest BCUT2D eigenvalue weighted by Gasteiger charge is -2.04. The summed E-state index contributed by atoms with van der Waals surface area (Å²) in [6, 6.07) is 1.63. The van der Waals surface area contributed by atoms with E-state index in [0.717, 1.165) is 0 Å². The molecule has 0 aromatic carbocycles. The van der Waals surface area contributed by atoms with Crippen LogP contribution in [-0.2, 0) is 0 Å². The van der Waals surface area contributed by atoms with E-state index in [0.29, 0.717) is 6.42 Å². The number of rotatable bonds is 3. The number of carbonyl (C=O) groups excluding carboxylic acids is 1. The predicted octanol–water partition coefficient (Wildman–Crippen LogP) is 0.0389. The fraction of sp³-hybridized carbons (Fsp3) is 0.375. The third-order valence-electron chi connectivity index (χ3n) is 1.85. The molecule has 6 heteroatoms. The molecule has 0 bridgehead atoms. The van der Waals surface area contributed by atoms with Crippen LogP contribution < -0.4 is 11.5 Å². The van der Waals surface area contributed by atoms with Gasteiger partial charge in [-0.25, -0.2) is 0 Å². The van der Waals surface area contributed by atoms with Crippen molar-refractivity contribution in [2.24, 2.45) is 5.73 Å². The summed E-state index contributed by atoms with van der Waals surface area (Å²) in [5.74, 6) is -0.686. The number of nitriles is 1. The number of primary amides is 1. The molecule has 1 unspecified atom stereocenters. The van der Waals surface area contributed by atoms with Gasteiger partial charge in [0.05, 0.1) is 18.0 Å². The van der Waals surface area contributed by atoms with Gasteiger partial charge in [0.1, 0.15) is 6.04 Å². The Hall–Kier alpha value is -2.03. The number of nitrogens with two attached hydrogens (primary N) is 2. The van der Waals surface area contributed by atoms with Crippen LogP contribution in [0.5, 0.6) is 0 Å². The van der Waals surface area contributed by atoms with Crippen LogP contribution in [0.2, 0.25) is 0 Å². The SMILES string of the molecule is CCC(C#N)n1cc(N)c(C(N)=O)n1. The highest BCUT2D eigenvalue weighted by atomic mass is 16.1. The van der Waals surface area contributed by atoms with Crippen molar-refractivity contribution < 1.29 is 4.79 Å². The molecule has 6 nitrogen and oxygen atoms in total. The molecular weight excluding hydrogens is 182 g/mol. The summed E-state index contributed by atoms with van der Waals surface area (Å²) in [5, 5.41) is 12.6. The van der Waals surface area contributed by atoms with Gasteiger partial charge in [0.2, 0.25) is 0 Å². The lowest BCUT2D eigenvalue weighted by molar-refractivity contribution is 0.0995. The maximum atomic E-state index is 10.8. The summed E-state index contributed by atoms with van der Waals surface area (Å²) >= 11 is 0. The first kappa shape index (κ1) is 10.1. The van der Waals surface area contributed by atoms with Crippen LogP contribution in [0, 0.1) is 11.3 Å². The van der Waals surface area contributed by atoms with Crippen molar-refractivity contribution in [1.29, 1.82) is 5.26 Å². The molecule has 14 heavy (non-hydrogen) atoms. The smallest absolute Gasteiger partial charge is 0.271 e. The highest BCUT2D eigenvalue weighted by Gasteiger charge is 2.15. The van der Waals surface area contributed by atoms with Crippen molar-refractivity contribution in [3.63, 3.8) is 0 Å². The van der Waals surface area contributed by atoms with Crippen molar-refractivity contribution in [2.75, 3.05) is 5.73 Å². The Kier molecular flexibility index (Phi) is 2.72. The molecule has 0 radical (unpaired) electrons. The average molecular weight is 193 g/mol. The lowest BCUT2D eigenvalue weighted by Crippen LogP contribution is -2.15. The first-order chi connectivity index (χ1) is 6.60. The second-order valence-corrected chi connectivity index (χ2v) is 2.83. The fourth-order valence-electron chi connectivity index (χ4n) is 1.09. The molecule has 0 fully saturated rings. The molecule has 0 saturated carbocycles. The van der Waals surface area contributed by atoms with Gasteiger partial charge in [-0.15, -0.1) is 0 Å². The van der Waals surface area contributed by atoms with E-state index >= 15 is 0 Å². The van der Waals surface area contributed by atoms with Crippen molar-refractivity contribution in [2.45, 2.75) is 19.4 Å². The molecule has 1 amide bonds. The van der Waals surface area contributed by atoms with Crippen LogP contribution in [0.3, 0.4) is 0 Å². The van der Waals surface area contributed by atoms with Crippen molar-refractivity contribution >= 4 is 11.6 Å². The van der Waals surface area contributed by atoms with Gasteiger partial charge < -0.3 is 11.5 Å². The molecule has 0 aliphatic heterocycles. The van der Waals surface area contributed by atoms with Crippen LogP contribution in [0.1, 0.15) is 29.9 Å². The van der Waals surface area contributed by atoms with Gasteiger partial charge in [-0.3, -0.25) is 9.48 Å². The van der Waals surface area contributed by atoms with Crippen LogP contribution in [-0.4, -0.2) is 15.7 Å². The zero-order valence-electron chi connectivity index (χ0n) is 7.77. The van der Waals surface area contributed by atoms with Gasteiger partial charge in [0.25, 0.3) is 5.91 Å². The molecular formula is C8H11N5O. The van der Waals surface area contributed by atoms with Crippen molar-refractivity contribution in [3.05, 3.63) is 11.9 Å². The topological polar surface area (TPSA) is 111 Å². The minimum Gasteiger partial charge on any atom is -0.396 e. The van der Waals surface area contributed by atoms with Crippen molar-refractivity contribution in [1.82, 2.24) is 9.78 Å². The lowest BCUT2D eigenvalue weighted by atomic mass is 10.2. The Morgan fingerprint density at radius 2 is 2.50 bits per heavy atom. The predicted molar refractivity (Wildman–Crippen MR) is 50.1 cm³/mol. The Bertz CT molecular complexity index is 389. The van der Waals surface area contributed by atoms with Gasteiger partial charge in [-0.05, 0) is 6.42 Å². The van der Waals surface area contributed by atoms with Crippen LogP contribution in [0.25, 0.3) is 0 Å². The van der Waals surface area contributed by atoms with Gasteiger partial charge in [-0.1, -0.05) is 6.92 Å². The maximum absolute atomic E-state index is 10.8. The van der Waals surface area contributed by atoms with E-state index in [2.05, 4.69) is 5.10 Å². The zero-order chi connectivity index (χ0) is 10.7. The number of nitrogen functional groups attached to an aromatic ring is 1. The van der Waals surface area contributed by atoms with E-state index in [4.69, 9.17) is 16.7 Å². The molecule has 0 spiro atoms. The normalized spacial score (nSPS) is 12.0. The van der Waals surface area contributed by atoms with Gasteiger partial charge in [0, 0.05) is 0 Å². The molecule has 1 atom stereocenters. The first-order valence-electron chi connectivity index (χ1n) is 4.14. The molecule has 1 heterocycles. The third-order valence-corrected chi connectivity index (χ3v) is 1.85. The Balaban J connectivity index is 3.08. The standard InChI is InChI=1S/C8H11N5O/c1-2-5(3-9)13-4-6(10)7(12-13)8(11)14/h4-5H,2,10H2,1H3,(H2,11,14). The van der Waals surface area contributed by atoms with E-state index in [-0.39, 0.29) is 11.4 Å². The summed E-state index contributed by atoms with van der Waals surface area (Å²) in [6.45, 7) is 1.84. The molecule has 0 aliphatic rings. The highest BCUT2D eigenvalue weighted by Crippen LogP contribution is 2.14. The summed E-state index contributed by atoms with van der Waals surface area (Å²) in [5.41, 5.74) is 10.7. The van der Waals surface area contributed by atoms with E-state index in [1.165, 1.54) is 10.9 Å². The monoisotopic (exact) mass is 193 g/mol. The zero-order valence-corrected chi connectivity index (χ0v) is 7.77. The van der Waals surface area contributed by atoms with Crippen molar-refractivity contribution in [3.8, 4) is 6.07 Å². The minimum atomic E-state index is -0.686. The molecule has 0 aliphatic carbocycles. The maximum Gasteiger partial charge on any atom is 0.271 e. The summed E-state index contributed by atoms with van der Waals surface area (Å²) in [7, 11) is 0. The van der Waals surface area contributed by atoms with Crippen LogP contribution in [0.4, 0.5) is 5.69 Å². The average Bonchev–Trinajstić information content (AvgIpc) is 2.50. The number of nitrogens with zero attached hydrogens (tertiary/aromatic N) is 3. The summed E-state index contributed by atoms with van der Waals surface area (Å²) < 4.78 is 1.36. The third kappa shape index (κ3) is 1.66. The van der Waals surface area contributed by atoms with Gasteiger partial charge in [-0.2, -0.15) is 10.4 Å². The van der Waals surface area contributed by atoms with E-state index in [9.17, 15) is 4.79 Å². The number of amides is 1. The molecule has 1 aromatic heterocycles. The highest BCUT2D eigenvalue weighted by molar-refractivity contribution is 5.95. The molecule has 0 saturated heterocycles. The second-order valence-electron chi connectivity index (χ2n) is 2.83. The number of carbonyl (C=O) groups is 1.